The Morgan fingerprint density at radius 1 is 1.58 bits per heavy atom. The van der Waals surface area contributed by atoms with E-state index in [0.717, 1.165) is 19.4 Å². The summed E-state index contributed by atoms with van der Waals surface area (Å²) in [5.74, 6) is -0.583. The van der Waals surface area contributed by atoms with Crippen molar-refractivity contribution in [3.05, 3.63) is 18.3 Å². The molecule has 0 amide bonds. The molecule has 0 aliphatic carbocycles. The number of carboxylic acid groups (broad SMARTS) is 1. The van der Waals surface area contributed by atoms with Crippen molar-refractivity contribution in [2.45, 2.75) is 19.3 Å². The van der Waals surface area contributed by atoms with Crippen molar-refractivity contribution in [2.75, 3.05) is 18.0 Å². The number of rotatable bonds is 3. The second kappa shape index (κ2) is 4.87. The zero-order valence-electron chi connectivity index (χ0n) is 10.5. The summed E-state index contributed by atoms with van der Waals surface area (Å²) in [6.45, 7) is 1.53. The van der Waals surface area contributed by atoms with Crippen LogP contribution in [0.5, 0.6) is 0 Å². The van der Waals surface area contributed by atoms with Crippen molar-refractivity contribution in [3.8, 4) is 0 Å². The molecule has 1 fully saturated rings. The van der Waals surface area contributed by atoms with Gasteiger partial charge in [0.1, 0.15) is 0 Å². The molecule has 0 saturated carbocycles. The number of aliphatic carboxylic acids is 1. The van der Waals surface area contributed by atoms with Gasteiger partial charge in [0.15, 0.2) is 5.58 Å². The van der Waals surface area contributed by atoms with Crippen molar-refractivity contribution >= 4 is 23.2 Å². The SMILES string of the molecule is O=C(O)CC1CCCN(c2nc3ncccc3o2)C1. The monoisotopic (exact) mass is 261 g/mol. The van der Waals surface area contributed by atoms with Crippen LogP contribution in [0.15, 0.2) is 22.7 Å². The number of hydrogen-bond acceptors (Lipinski definition) is 5. The zero-order valence-corrected chi connectivity index (χ0v) is 10.5. The Morgan fingerprint density at radius 2 is 2.47 bits per heavy atom. The fourth-order valence-corrected chi connectivity index (χ4v) is 2.55. The van der Waals surface area contributed by atoms with E-state index in [1.54, 1.807) is 12.3 Å². The van der Waals surface area contributed by atoms with Crippen molar-refractivity contribution in [3.63, 3.8) is 0 Å². The third-order valence-electron chi connectivity index (χ3n) is 3.41. The molecule has 1 saturated heterocycles. The third-order valence-corrected chi connectivity index (χ3v) is 3.41. The highest BCUT2D eigenvalue weighted by Gasteiger charge is 2.25. The molecule has 1 aliphatic heterocycles. The normalized spacial score (nSPS) is 19.8. The van der Waals surface area contributed by atoms with Gasteiger partial charge in [0, 0.05) is 25.7 Å². The smallest absolute Gasteiger partial charge is 0.303 e. The summed E-state index contributed by atoms with van der Waals surface area (Å²) < 4.78 is 5.67. The van der Waals surface area contributed by atoms with Crippen molar-refractivity contribution < 1.29 is 14.3 Å². The van der Waals surface area contributed by atoms with Gasteiger partial charge in [-0.25, -0.2) is 4.98 Å². The van der Waals surface area contributed by atoms with Crippen LogP contribution in [0.2, 0.25) is 0 Å². The molecule has 6 nitrogen and oxygen atoms in total. The number of anilines is 1. The minimum Gasteiger partial charge on any atom is -0.481 e. The molecule has 0 radical (unpaired) electrons. The van der Waals surface area contributed by atoms with Crippen LogP contribution in [0.25, 0.3) is 11.2 Å². The van der Waals surface area contributed by atoms with Gasteiger partial charge >= 0.3 is 5.97 Å². The number of piperidine rings is 1. The first-order chi connectivity index (χ1) is 9.22. The molecule has 0 spiro atoms. The van der Waals surface area contributed by atoms with E-state index >= 15 is 0 Å². The molecule has 0 bridgehead atoms. The Morgan fingerprint density at radius 3 is 3.26 bits per heavy atom. The van der Waals surface area contributed by atoms with Gasteiger partial charge in [-0.05, 0) is 30.9 Å². The summed E-state index contributed by atoms with van der Waals surface area (Å²) >= 11 is 0. The number of nitrogens with zero attached hydrogens (tertiary/aromatic N) is 3. The lowest BCUT2D eigenvalue weighted by Crippen LogP contribution is -2.36. The van der Waals surface area contributed by atoms with E-state index in [4.69, 9.17) is 9.52 Å². The standard InChI is InChI=1S/C13H15N3O3/c17-11(18)7-9-3-2-6-16(8-9)13-15-12-10(19-13)4-1-5-14-12/h1,4-5,9H,2-3,6-8H2,(H,17,18). The molecule has 1 N–H and O–H groups in total. The Hall–Kier alpha value is -2.11. The maximum Gasteiger partial charge on any atom is 0.303 e. The molecule has 2 aromatic heterocycles. The predicted octanol–water partition coefficient (Wildman–Crippen LogP) is 1.91. The number of carboxylic acids is 1. The average Bonchev–Trinajstić information content (AvgIpc) is 2.82. The summed E-state index contributed by atoms with van der Waals surface area (Å²) in [7, 11) is 0. The second-order valence-electron chi connectivity index (χ2n) is 4.87. The summed E-state index contributed by atoms with van der Waals surface area (Å²) in [5, 5.41) is 8.87. The first-order valence-corrected chi connectivity index (χ1v) is 6.40. The van der Waals surface area contributed by atoms with Gasteiger partial charge < -0.3 is 14.4 Å². The fraction of sp³-hybridized carbons (Fsp3) is 0.462. The second-order valence-corrected chi connectivity index (χ2v) is 4.87. The van der Waals surface area contributed by atoms with Gasteiger partial charge in [-0.1, -0.05) is 0 Å². The molecule has 2 aromatic rings. The van der Waals surface area contributed by atoms with Gasteiger partial charge in [-0.2, -0.15) is 4.98 Å². The zero-order chi connectivity index (χ0) is 13.2. The lowest BCUT2D eigenvalue weighted by Gasteiger charge is -2.30. The number of aromatic nitrogens is 2. The molecule has 1 unspecified atom stereocenters. The van der Waals surface area contributed by atoms with E-state index in [-0.39, 0.29) is 12.3 Å². The Balaban J connectivity index is 1.79. The van der Waals surface area contributed by atoms with Gasteiger partial charge in [0.2, 0.25) is 5.65 Å². The van der Waals surface area contributed by atoms with E-state index in [0.29, 0.717) is 23.8 Å². The molecule has 3 rings (SSSR count). The summed E-state index contributed by atoms with van der Waals surface area (Å²) in [5.41, 5.74) is 1.26. The van der Waals surface area contributed by atoms with Crippen LogP contribution >= 0.6 is 0 Å². The summed E-state index contributed by atoms with van der Waals surface area (Å²) in [4.78, 5) is 21.3. The largest absolute Gasteiger partial charge is 0.481 e. The van der Waals surface area contributed by atoms with Gasteiger partial charge in [0.25, 0.3) is 6.01 Å². The molecule has 0 aromatic carbocycles. The number of oxazole rings is 1. The Bertz CT molecular complexity index is 563. The minimum atomic E-state index is -0.744. The van der Waals surface area contributed by atoms with Crippen LogP contribution < -0.4 is 4.90 Å². The first kappa shape index (κ1) is 12.0. The summed E-state index contributed by atoms with van der Waals surface area (Å²) in [6.07, 6.45) is 3.79. The third kappa shape index (κ3) is 2.52. The van der Waals surface area contributed by atoms with Gasteiger partial charge in [0.05, 0.1) is 0 Å². The highest BCUT2D eigenvalue weighted by Crippen LogP contribution is 2.26. The predicted molar refractivity (Wildman–Crippen MR) is 69.0 cm³/mol. The van der Waals surface area contributed by atoms with Crippen LogP contribution in [0.3, 0.4) is 0 Å². The quantitative estimate of drug-likeness (QED) is 0.909. The van der Waals surface area contributed by atoms with Crippen molar-refractivity contribution in [1.82, 2.24) is 9.97 Å². The van der Waals surface area contributed by atoms with Crippen molar-refractivity contribution in [1.29, 1.82) is 0 Å². The molecule has 19 heavy (non-hydrogen) atoms. The topological polar surface area (TPSA) is 79.5 Å². The Labute approximate surface area is 110 Å². The average molecular weight is 261 g/mol. The maximum atomic E-state index is 10.8. The molecule has 1 aliphatic rings. The minimum absolute atomic E-state index is 0.161. The first-order valence-electron chi connectivity index (χ1n) is 6.40. The number of hydrogen-bond donors (Lipinski definition) is 1. The molecule has 100 valence electrons. The fourth-order valence-electron chi connectivity index (χ4n) is 2.55. The van der Waals surface area contributed by atoms with Crippen LogP contribution in [0, 0.1) is 5.92 Å². The highest BCUT2D eigenvalue weighted by atomic mass is 16.4. The van der Waals surface area contributed by atoms with E-state index in [2.05, 4.69) is 9.97 Å². The van der Waals surface area contributed by atoms with Gasteiger partial charge in [-0.15, -0.1) is 0 Å². The number of carbonyl (C=O) groups is 1. The van der Waals surface area contributed by atoms with E-state index in [1.165, 1.54) is 0 Å². The van der Waals surface area contributed by atoms with Crippen molar-refractivity contribution in [2.24, 2.45) is 5.92 Å². The lowest BCUT2D eigenvalue weighted by atomic mass is 9.95. The molecule has 6 heteroatoms. The lowest BCUT2D eigenvalue weighted by molar-refractivity contribution is -0.138. The van der Waals surface area contributed by atoms with Crippen LogP contribution in [-0.2, 0) is 4.79 Å². The van der Waals surface area contributed by atoms with E-state index in [1.807, 2.05) is 11.0 Å². The summed E-state index contributed by atoms with van der Waals surface area (Å²) in [6, 6.07) is 4.18. The molecular formula is C13H15N3O3. The molecule has 3 heterocycles. The number of pyridine rings is 1. The van der Waals surface area contributed by atoms with Crippen LogP contribution in [0.1, 0.15) is 19.3 Å². The van der Waals surface area contributed by atoms with Crippen LogP contribution in [-0.4, -0.2) is 34.1 Å². The maximum absolute atomic E-state index is 10.8. The van der Waals surface area contributed by atoms with Crippen LogP contribution in [0.4, 0.5) is 6.01 Å². The van der Waals surface area contributed by atoms with E-state index in [9.17, 15) is 4.79 Å². The molecule has 1 atom stereocenters. The number of fused-ring (bicyclic) bond motifs is 1. The molecular weight excluding hydrogens is 246 g/mol. The Kier molecular flexibility index (Phi) is 3.06. The van der Waals surface area contributed by atoms with E-state index < -0.39 is 5.97 Å². The van der Waals surface area contributed by atoms with Gasteiger partial charge in [-0.3, -0.25) is 4.79 Å². The highest BCUT2D eigenvalue weighted by molar-refractivity contribution is 5.69.